The first-order valence-corrected chi connectivity index (χ1v) is 14.4. The summed E-state index contributed by atoms with van der Waals surface area (Å²) in [7, 11) is 0. The molecule has 0 spiro atoms. The Hall–Kier alpha value is -5.58. The molecule has 4 unspecified atom stereocenters. The molecule has 250 valence electrons. The lowest BCUT2D eigenvalue weighted by Crippen LogP contribution is -2.58. The topological polar surface area (TPSA) is 316 Å². The lowest BCUT2D eigenvalue weighted by atomic mass is 10.0. The van der Waals surface area contributed by atoms with Gasteiger partial charge in [-0.2, -0.15) is 0 Å². The number of guanidine groups is 1. The van der Waals surface area contributed by atoms with Gasteiger partial charge in [-0.3, -0.25) is 33.8 Å². The molecule has 4 atom stereocenters. The number of carbonyl (C=O) groups is 6. The maximum absolute atomic E-state index is 13.6. The molecule has 1 fully saturated rings. The van der Waals surface area contributed by atoms with Crippen LogP contribution < -0.4 is 38.1 Å². The van der Waals surface area contributed by atoms with Crippen molar-refractivity contribution in [2.75, 3.05) is 19.6 Å². The van der Waals surface area contributed by atoms with Crippen LogP contribution in [0.4, 0.5) is 0 Å². The smallest absolute Gasteiger partial charge is 0.305 e. The van der Waals surface area contributed by atoms with Crippen molar-refractivity contribution in [1.29, 1.82) is 0 Å². The minimum absolute atomic E-state index is 0.0404. The summed E-state index contributed by atoms with van der Waals surface area (Å²) in [4.78, 5) is 84.1. The standard InChI is InChI=1S/C27H39N11O8/c28-27(29)31-10-3-5-17-23(43)32-14-21(40)34-20(13-22(41)42)26(46)37-19(12-15-6-8-16(39)9-7-15)25(45)36-18(24(44)35-17)4-1-2-11-33-38-30/h6-9,17-20,39H,1-5,10-14H2,(H,32,43)(H,34,40)(H,35,44)(H,36,45)(H,37,46)(H,41,42)(H4,28,29,31). The number of phenolic OH excluding ortho intramolecular Hbond substituents is 1. The van der Waals surface area contributed by atoms with Gasteiger partial charge in [-0.15, -0.1) is 0 Å². The Morgan fingerprint density at radius 2 is 1.41 bits per heavy atom. The molecule has 0 saturated carbocycles. The molecule has 1 aliphatic heterocycles. The van der Waals surface area contributed by atoms with E-state index in [0.29, 0.717) is 18.4 Å². The fraction of sp³-hybridized carbons (Fsp3) is 0.519. The molecule has 0 radical (unpaired) electrons. The molecule has 0 bridgehead atoms. The lowest BCUT2D eigenvalue weighted by Gasteiger charge is -2.26. The summed E-state index contributed by atoms with van der Waals surface area (Å²) >= 11 is 0. The van der Waals surface area contributed by atoms with Gasteiger partial charge < -0.3 is 48.3 Å². The second-order valence-electron chi connectivity index (χ2n) is 10.4. The number of nitrogens with zero attached hydrogens (tertiary/aromatic N) is 4. The molecule has 1 aliphatic rings. The van der Waals surface area contributed by atoms with E-state index in [1.54, 1.807) is 0 Å². The second-order valence-corrected chi connectivity index (χ2v) is 10.4. The molecular formula is C27H39N11O8. The number of carbonyl (C=O) groups excluding carboxylic acids is 5. The van der Waals surface area contributed by atoms with E-state index in [0.717, 1.165) is 0 Å². The number of hydrogen-bond donors (Lipinski definition) is 9. The Morgan fingerprint density at radius 1 is 0.826 bits per heavy atom. The van der Waals surface area contributed by atoms with Crippen molar-refractivity contribution >= 4 is 41.5 Å². The minimum Gasteiger partial charge on any atom is -0.508 e. The summed E-state index contributed by atoms with van der Waals surface area (Å²) in [5.74, 6) is -5.85. The quantitative estimate of drug-likeness (QED) is 0.0284. The number of aromatic hydroxyl groups is 1. The van der Waals surface area contributed by atoms with Crippen molar-refractivity contribution in [2.45, 2.75) is 69.1 Å². The number of amides is 5. The van der Waals surface area contributed by atoms with Crippen LogP contribution in [0.5, 0.6) is 5.75 Å². The van der Waals surface area contributed by atoms with Gasteiger partial charge in [0.2, 0.25) is 29.5 Å². The number of nitrogens with two attached hydrogens (primary N) is 2. The van der Waals surface area contributed by atoms with Crippen LogP contribution in [0.1, 0.15) is 44.1 Å². The highest BCUT2D eigenvalue weighted by atomic mass is 16.4. The van der Waals surface area contributed by atoms with Gasteiger partial charge in [0.1, 0.15) is 29.9 Å². The maximum atomic E-state index is 13.6. The van der Waals surface area contributed by atoms with Crippen molar-refractivity contribution in [3.05, 3.63) is 40.3 Å². The number of unbranched alkanes of at least 4 members (excludes halogenated alkanes) is 1. The average molecular weight is 646 g/mol. The number of benzene rings is 1. The zero-order valence-corrected chi connectivity index (χ0v) is 25.0. The summed E-state index contributed by atoms with van der Waals surface area (Å²) in [6.07, 6.45) is 0.0858. The first-order valence-electron chi connectivity index (χ1n) is 14.4. The lowest BCUT2D eigenvalue weighted by molar-refractivity contribution is -0.141. The Labute approximate surface area is 263 Å². The number of azide groups is 1. The minimum atomic E-state index is -1.62. The van der Waals surface area contributed by atoms with Crippen LogP contribution in [-0.2, 0) is 35.2 Å². The van der Waals surface area contributed by atoms with E-state index in [9.17, 15) is 39.0 Å². The number of carboxylic acids is 1. The summed E-state index contributed by atoms with van der Waals surface area (Å²) in [6.45, 7) is -0.384. The van der Waals surface area contributed by atoms with Crippen LogP contribution in [0.3, 0.4) is 0 Å². The number of aliphatic carboxylic acids is 1. The third kappa shape index (κ3) is 13.4. The first kappa shape index (κ1) is 36.6. The van der Waals surface area contributed by atoms with Crippen LogP contribution in [-0.4, -0.2) is 95.5 Å². The molecule has 2 rings (SSSR count). The Bertz CT molecular complexity index is 1330. The van der Waals surface area contributed by atoms with Gasteiger partial charge >= 0.3 is 5.97 Å². The predicted octanol–water partition coefficient (Wildman–Crippen LogP) is -1.99. The number of aliphatic imine (C=N–C) groups is 1. The zero-order valence-electron chi connectivity index (χ0n) is 25.0. The van der Waals surface area contributed by atoms with E-state index in [-0.39, 0.29) is 50.5 Å². The van der Waals surface area contributed by atoms with E-state index in [1.165, 1.54) is 24.3 Å². The first-order chi connectivity index (χ1) is 21.9. The molecule has 1 aromatic rings. The van der Waals surface area contributed by atoms with E-state index in [4.69, 9.17) is 17.0 Å². The highest BCUT2D eigenvalue weighted by molar-refractivity contribution is 5.98. The summed E-state index contributed by atoms with van der Waals surface area (Å²) < 4.78 is 0. The van der Waals surface area contributed by atoms with Crippen LogP contribution in [0.25, 0.3) is 10.4 Å². The maximum Gasteiger partial charge on any atom is 0.305 e. The zero-order chi connectivity index (χ0) is 34.1. The van der Waals surface area contributed by atoms with Crippen molar-refractivity contribution in [3.63, 3.8) is 0 Å². The molecule has 46 heavy (non-hydrogen) atoms. The van der Waals surface area contributed by atoms with Crippen LogP contribution in [0, 0.1) is 0 Å². The fourth-order valence-corrected chi connectivity index (χ4v) is 4.43. The van der Waals surface area contributed by atoms with Crippen LogP contribution in [0.2, 0.25) is 0 Å². The van der Waals surface area contributed by atoms with Gasteiger partial charge in [-0.05, 0) is 48.9 Å². The third-order valence-electron chi connectivity index (χ3n) is 6.74. The Balaban J connectivity index is 2.46. The number of phenols is 1. The molecule has 11 N–H and O–H groups in total. The van der Waals surface area contributed by atoms with E-state index in [1.807, 2.05) is 0 Å². The third-order valence-corrected chi connectivity index (χ3v) is 6.74. The number of rotatable bonds is 13. The van der Waals surface area contributed by atoms with Gasteiger partial charge in [-0.1, -0.05) is 23.7 Å². The van der Waals surface area contributed by atoms with E-state index < -0.39 is 72.6 Å². The highest BCUT2D eigenvalue weighted by Crippen LogP contribution is 2.13. The van der Waals surface area contributed by atoms with Crippen molar-refractivity contribution in [3.8, 4) is 5.75 Å². The largest absolute Gasteiger partial charge is 0.508 e. The van der Waals surface area contributed by atoms with Crippen LogP contribution >= 0.6 is 0 Å². The van der Waals surface area contributed by atoms with Crippen molar-refractivity contribution in [1.82, 2.24) is 26.6 Å². The molecule has 0 aliphatic carbocycles. The van der Waals surface area contributed by atoms with Gasteiger partial charge in [-0.25, -0.2) is 0 Å². The molecule has 1 heterocycles. The highest BCUT2D eigenvalue weighted by Gasteiger charge is 2.33. The van der Waals surface area contributed by atoms with Crippen molar-refractivity contribution < 1.29 is 39.0 Å². The summed E-state index contributed by atoms with van der Waals surface area (Å²) in [6, 6.07) is 0.363. The summed E-state index contributed by atoms with van der Waals surface area (Å²) in [5.41, 5.74) is 19.7. The SMILES string of the molecule is [N-]=[N+]=NCCCCC1NC(=O)C(Cc2ccc(O)cc2)NC(=O)C(CC(=O)O)NC(=O)CNC(=O)C(CCCN=C(N)N)NC1=O. The molecule has 19 nitrogen and oxygen atoms in total. The molecule has 1 aromatic carbocycles. The monoisotopic (exact) mass is 645 g/mol. The second kappa shape index (κ2) is 18.9. The molecular weight excluding hydrogens is 606 g/mol. The van der Waals surface area contributed by atoms with Gasteiger partial charge in [0.05, 0.1) is 13.0 Å². The molecule has 0 aromatic heterocycles. The average Bonchev–Trinajstić information content (AvgIpc) is 3.00. The summed E-state index contributed by atoms with van der Waals surface area (Å²) in [5, 5.41) is 34.7. The normalized spacial score (nSPS) is 21.1. The molecule has 1 saturated heterocycles. The Kier molecular flexibility index (Phi) is 15.1. The predicted molar refractivity (Wildman–Crippen MR) is 163 cm³/mol. The Morgan fingerprint density at radius 3 is 2.04 bits per heavy atom. The van der Waals surface area contributed by atoms with Gasteiger partial charge in [0, 0.05) is 24.4 Å². The number of hydrogen-bond acceptors (Lipinski definition) is 9. The van der Waals surface area contributed by atoms with E-state index >= 15 is 0 Å². The van der Waals surface area contributed by atoms with Gasteiger partial charge in [0.15, 0.2) is 5.96 Å². The van der Waals surface area contributed by atoms with Gasteiger partial charge in [0.25, 0.3) is 0 Å². The molecule has 5 amide bonds. The van der Waals surface area contributed by atoms with Crippen molar-refractivity contribution in [2.24, 2.45) is 21.6 Å². The van der Waals surface area contributed by atoms with Crippen LogP contribution in [0.15, 0.2) is 34.4 Å². The number of nitrogens with one attached hydrogen (secondary N) is 5. The molecule has 19 heteroatoms. The number of carboxylic acid groups (broad SMARTS) is 1. The fourth-order valence-electron chi connectivity index (χ4n) is 4.43. The van der Waals surface area contributed by atoms with E-state index in [2.05, 4.69) is 41.6 Å².